The maximum absolute atomic E-state index is 15.4. The number of fused-ring (bicyclic) bond motifs is 1. The molecule has 5 rings (SSSR count). The molecule has 1 aliphatic rings. The van der Waals surface area contributed by atoms with Gasteiger partial charge in [-0.05, 0) is 44.5 Å². The lowest BCUT2D eigenvalue weighted by Gasteiger charge is -2.29. The highest BCUT2D eigenvalue weighted by molar-refractivity contribution is 6.30. The number of benzene rings is 1. The molecule has 192 valence electrons. The average Bonchev–Trinajstić information content (AvgIpc) is 3.48. The van der Waals surface area contributed by atoms with Crippen LogP contribution in [0.4, 0.5) is 16.2 Å². The predicted octanol–water partition coefficient (Wildman–Crippen LogP) is 5.16. The summed E-state index contributed by atoms with van der Waals surface area (Å²) in [6, 6.07) is 8.36. The van der Waals surface area contributed by atoms with Crippen molar-refractivity contribution in [3.8, 4) is 17.1 Å². The maximum Gasteiger partial charge on any atom is 0.262 e. The van der Waals surface area contributed by atoms with Gasteiger partial charge in [0, 0.05) is 31.4 Å². The first kappa shape index (κ1) is 24.8. The van der Waals surface area contributed by atoms with Crippen molar-refractivity contribution in [2.75, 3.05) is 24.4 Å². The van der Waals surface area contributed by atoms with Crippen LogP contribution in [-0.4, -0.2) is 44.4 Å². The van der Waals surface area contributed by atoms with Crippen molar-refractivity contribution in [1.82, 2.24) is 24.3 Å². The van der Waals surface area contributed by atoms with Gasteiger partial charge in [-0.1, -0.05) is 23.7 Å². The third-order valence-electron chi connectivity index (χ3n) is 6.54. The standard InChI is InChI=1S/C26H27ClFN7O2/c1-13(2)34-19(18-12-30-26(29-4)31-23(18)37-6)11-17-22(34)21(15-7-9-16(27)10-8-15)35(25(17)36)24-20(28)14(3)32-33(24)5/h7-13,21H,1-6H3,(H,29,30,31). The Kier molecular flexibility index (Phi) is 6.15. The summed E-state index contributed by atoms with van der Waals surface area (Å²) < 4.78 is 24.4. The number of methoxy groups -OCH3 is 1. The lowest BCUT2D eigenvalue weighted by Crippen LogP contribution is -2.32. The van der Waals surface area contributed by atoms with Gasteiger partial charge in [-0.3, -0.25) is 9.69 Å². The van der Waals surface area contributed by atoms with Crippen LogP contribution >= 0.6 is 11.6 Å². The highest BCUT2D eigenvalue weighted by Gasteiger charge is 2.45. The van der Waals surface area contributed by atoms with Gasteiger partial charge in [0.1, 0.15) is 6.04 Å². The molecule has 1 atom stereocenters. The van der Waals surface area contributed by atoms with Gasteiger partial charge < -0.3 is 14.6 Å². The molecule has 11 heteroatoms. The van der Waals surface area contributed by atoms with Crippen molar-refractivity contribution in [2.24, 2.45) is 7.05 Å². The van der Waals surface area contributed by atoms with E-state index in [1.807, 2.05) is 32.0 Å². The molecule has 0 bridgehead atoms. The zero-order valence-corrected chi connectivity index (χ0v) is 22.1. The highest BCUT2D eigenvalue weighted by Crippen LogP contribution is 2.47. The Morgan fingerprint density at radius 1 is 1.19 bits per heavy atom. The summed E-state index contributed by atoms with van der Waals surface area (Å²) in [5, 5.41) is 7.69. The molecule has 9 nitrogen and oxygen atoms in total. The third kappa shape index (κ3) is 3.83. The van der Waals surface area contributed by atoms with E-state index in [4.69, 9.17) is 16.3 Å². The van der Waals surface area contributed by atoms with Crippen LogP contribution in [-0.2, 0) is 7.05 Å². The Hall–Kier alpha value is -3.92. The summed E-state index contributed by atoms with van der Waals surface area (Å²) in [6.45, 7) is 5.64. The molecular formula is C26H27ClFN7O2. The van der Waals surface area contributed by atoms with E-state index in [-0.39, 0.29) is 23.5 Å². The molecular weight excluding hydrogens is 497 g/mol. The number of carbonyl (C=O) groups is 1. The number of anilines is 2. The summed E-state index contributed by atoms with van der Waals surface area (Å²) >= 11 is 6.19. The van der Waals surface area contributed by atoms with Crippen LogP contribution in [0.25, 0.3) is 11.3 Å². The smallest absolute Gasteiger partial charge is 0.262 e. The first-order chi connectivity index (χ1) is 17.7. The second-order valence-corrected chi connectivity index (χ2v) is 9.57. The van der Waals surface area contributed by atoms with Crippen LogP contribution in [0.15, 0.2) is 36.5 Å². The van der Waals surface area contributed by atoms with Crippen LogP contribution in [0.3, 0.4) is 0 Å². The third-order valence-corrected chi connectivity index (χ3v) is 6.79. The number of amides is 1. The van der Waals surface area contributed by atoms with Crippen molar-refractivity contribution < 1.29 is 13.9 Å². The fraction of sp³-hybridized carbons (Fsp3) is 0.308. The minimum absolute atomic E-state index is 0.0619. The van der Waals surface area contributed by atoms with E-state index in [0.29, 0.717) is 28.0 Å². The fourth-order valence-corrected chi connectivity index (χ4v) is 5.12. The predicted molar refractivity (Wildman–Crippen MR) is 140 cm³/mol. The number of ether oxygens (including phenoxy) is 1. The second kappa shape index (κ2) is 9.19. The number of nitrogens with zero attached hydrogens (tertiary/aromatic N) is 6. The summed E-state index contributed by atoms with van der Waals surface area (Å²) in [6.07, 6.45) is 1.67. The van der Waals surface area contributed by atoms with Crippen molar-refractivity contribution in [1.29, 1.82) is 0 Å². The number of nitrogens with one attached hydrogen (secondary N) is 1. The molecule has 1 unspecified atom stereocenters. The van der Waals surface area contributed by atoms with Crippen LogP contribution in [0.5, 0.6) is 5.88 Å². The number of carbonyl (C=O) groups excluding carboxylic acids is 1. The van der Waals surface area contributed by atoms with Crippen LogP contribution in [0.2, 0.25) is 5.02 Å². The molecule has 0 radical (unpaired) electrons. The van der Waals surface area contributed by atoms with Gasteiger partial charge in [-0.15, -0.1) is 0 Å². The van der Waals surface area contributed by atoms with Crippen LogP contribution in [0, 0.1) is 12.7 Å². The Labute approximate surface area is 218 Å². The molecule has 4 aromatic rings. The van der Waals surface area contributed by atoms with Crippen molar-refractivity contribution in [3.63, 3.8) is 0 Å². The number of hydrogen-bond donors (Lipinski definition) is 1. The van der Waals surface area contributed by atoms with Gasteiger partial charge in [0.05, 0.1) is 35.3 Å². The van der Waals surface area contributed by atoms with E-state index in [9.17, 15) is 4.79 Å². The summed E-state index contributed by atoms with van der Waals surface area (Å²) in [5.74, 6) is 0.0326. The Morgan fingerprint density at radius 2 is 1.89 bits per heavy atom. The van der Waals surface area contributed by atoms with Crippen molar-refractivity contribution in [2.45, 2.75) is 32.9 Å². The van der Waals surface area contributed by atoms with E-state index >= 15 is 4.39 Å². The Bertz CT molecular complexity index is 1510. The number of rotatable bonds is 6. The summed E-state index contributed by atoms with van der Waals surface area (Å²) in [4.78, 5) is 24.3. The molecule has 4 heterocycles. The van der Waals surface area contributed by atoms with Crippen molar-refractivity contribution in [3.05, 3.63) is 69.9 Å². The summed E-state index contributed by atoms with van der Waals surface area (Å²) in [5.41, 5.74) is 3.57. The van der Waals surface area contributed by atoms with Gasteiger partial charge >= 0.3 is 0 Å². The van der Waals surface area contributed by atoms with Crippen molar-refractivity contribution >= 4 is 29.3 Å². The SMILES string of the molecule is CNc1ncc(-c2cc3c(n2C(C)C)C(c2ccc(Cl)cc2)N(c2c(F)c(C)nn2C)C3=O)c(OC)n1. The quantitative estimate of drug-likeness (QED) is 0.375. The van der Waals surface area contributed by atoms with Crippen LogP contribution < -0.4 is 15.0 Å². The molecule has 0 spiro atoms. The zero-order valence-electron chi connectivity index (χ0n) is 21.4. The van der Waals surface area contributed by atoms with Gasteiger partial charge in [0.15, 0.2) is 11.6 Å². The van der Waals surface area contributed by atoms with E-state index < -0.39 is 11.9 Å². The van der Waals surface area contributed by atoms with Crippen LogP contribution in [0.1, 0.15) is 53.2 Å². The molecule has 37 heavy (non-hydrogen) atoms. The van der Waals surface area contributed by atoms with Gasteiger partial charge in [-0.25, -0.2) is 14.1 Å². The monoisotopic (exact) mass is 523 g/mol. The van der Waals surface area contributed by atoms with Gasteiger partial charge in [0.25, 0.3) is 5.91 Å². The minimum Gasteiger partial charge on any atom is -0.480 e. The molecule has 0 fully saturated rings. The first-order valence-electron chi connectivity index (χ1n) is 11.8. The number of aromatic nitrogens is 5. The zero-order chi connectivity index (χ0) is 26.6. The topological polar surface area (TPSA) is 90.1 Å². The number of hydrogen-bond acceptors (Lipinski definition) is 6. The molecule has 0 saturated heterocycles. The Balaban J connectivity index is 1.80. The average molecular weight is 524 g/mol. The molecule has 1 aromatic carbocycles. The fourth-order valence-electron chi connectivity index (χ4n) is 4.99. The number of halogens is 2. The molecule has 1 amide bonds. The second-order valence-electron chi connectivity index (χ2n) is 9.13. The molecule has 0 aliphatic carbocycles. The normalized spacial score (nSPS) is 15.0. The minimum atomic E-state index is -0.622. The van der Waals surface area contributed by atoms with Gasteiger partial charge in [0.2, 0.25) is 11.8 Å². The largest absolute Gasteiger partial charge is 0.480 e. The van der Waals surface area contributed by atoms with E-state index in [2.05, 4.69) is 25.0 Å². The Morgan fingerprint density at radius 3 is 2.46 bits per heavy atom. The summed E-state index contributed by atoms with van der Waals surface area (Å²) in [7, 11) is 4.90. The van der Waals surface area contributed by atoms with E-state index in [1.165, 1.54) is 9.58 Å². The molecule has 1 N–H and O–H groups in total. The molecule has 0 saturated carbocycles. The molecule has 1 aliphatic heterocycles. The van der Waals surface area contributed by atoms with E-state index in [1.54, 1.807) is 46.5 Å². The maximum atomic E-state index is 15.4. The highest BCUT2D eigenvalue weighted by atomic mass is 35.5. The number of aryl methyl sites for hydroxylation is 2. The van der Waals surface area contributed by atoms with Gasteiger partial charge in [-0.2, -0.15) is 10.1 Å². The van der Waals surface area contributed by atoms with E-state index in [0.717, 1.165) is 17.0 Å². The lowest BCUT2D eigenvalue weighted by atomic mass is 10.0. The lowest BCUT2D eigenvalue weighted by molar-refractivity contribution is 0.0991. The molecule has 3 aromatic heterocycles. The first-order valence-corrected chi connectivity index (χ1v) is 12.2.